The van der Waals surface area contributed by atoms with Crippen molar-refractivity contribution in [1.29, 1.82) is 0 Å². The normalized spacial score (nSPS) is 10.5. The number of hydrogen-bond acceptors (Lipinski definition) is 2. The molecule has 0 atom stereocenters. The molecule has 0 fully saturated rings. The van der Waals surface area contributed by atoms with E-state index in [1.807, 2.05) is 13.1 Å². The molecule has 1 N–H and O–H groups in total. The minimum Gasteiger partial charge on any atom is -0.344 e. The van der Waals surface area contributed by atoms with E-state index in [0.717, 1.165) is 22.8 Å². The summed E-state index contributed by atoms with van der Waals surface area (Å²) in [5.41, 5.74) is 4.66. The minimum atomic E-state index is 0.785. The van der Waals surface area contributed by atoms with Gasteiger partial charge >= 0.3 is 0 Å². The number of halogens is 1. The molecule has 0 aliphatic heterocycles. The molecule has 0 radical (unpaired) electrons. The third kappa shape index (κ3) is 3.09. The second-order valence-electron chi connectivity index (χ2n) is 4.65. The maximum Gasteiger partial charge on any atom is 0.0471 e. The van der Waals surface area contributed by atoms with Gasteiger partial charge in [-0.05, 0) is 43.3 Å². The van der Waals surface area contributed by atoms with Crippen molar-refractivity contribution in [3.63, 3.8) is 0 Å². The summed E-state index contributed by atoms with van der Waals surface area (Å²) in [4.78, 5) is 2.16. The third-order valence-electron chi connectivity index (χ3n) is 3.27. The minimum absolute atomic E-state index is 0.785. The molecule has 0 saturated heterocycles. The van der Waals surface area contributed by atoms with Crippen molar-refractivity contribution in [3.05, 3.63) is 58.6 Å². The average Bonchev–Trinajstić information content (AvgIpc) is 2.41. The van der Waals surface area contributed by atoms with E-state index in [4.69, 9.17) is 11.6 Å². The number of hydrogen-bond donors (Lipinski definition) is 1. The van der Waals surface area contributed by atoms with Gasteiger partial charge in [0.15, 0.2) is 0 Å². The lowest BCUT2D eigenvalue weighted by Gasteiger charge is -2.22. The topological polar surface area (TPSA) is 15.3 Å². The first kappa shape index (κ1) is 13.9. The Labute approximate surface area is 120 Å². The molecule has 0 heterocycles. The number of aryl methyl sites for hydroxylation is 1. The van der Waals surface area contributed by atoms with Crippen LogP contribution in [-0.4, -0.2) is 14.1 Å². The van der Waals surface area contributed by atoms with Gasteiger partial charge in [-0.25, -0.2) is 0 Å². The Morgan fingerprint density at radius 2 is 1.89 bits per heavy atom. The Hall–Kier alpha value is -1.51. The number of nitrogens with zero attached hydrogens (tertiary/aromatic N) is 1. The van der Waals surface area contributed by atoms with Gasteiger partial charge in [0.25, 0.3) is 0 Å². The first-order valence-electron chi connectivity index (χ1n) is 6.36. The molecule has 0 aliphatic carbocycles. The lowest BCUT2D eigenvalue weighted by molar-refractivity contribution is 0.818. The molecule has 2 aromatic rings. The Morgan fingerprint density at radius 1 is 1.16 bits per heavy atom. The van der Waals surface area contributed by atoms with Gasteiger partial charge in [-0.2, -0.15) is 0 Å². The first-order chi connectivity index (χ1) is 9.13. The summed E-state index contributed by atoms with van der Waals surface area (Å²) in [6.45, 7) is 2.90. The van der Waals surface area contributed by atoms with E-state index < -0.39 is 0 Å². The van der Waals surface area contributed by atoms with E-state index in [0.29, 0.717) is 0 Å². The molecule has 0 amide bonds. The maximum atomic E-state index is 6.31. The molecule has 2 nitrogen and oxygen atoms in total. The number of rotatable bonds is 4. The highest BCUT2D eigenvalue weighted by Gasteiger charge is 2.08. The predicted molar refractivity (Wildman–Crippen MR) is 83.5 cm³/mol. The van der Waals surface area contributed by atoms with Crippen molar-refractivity contribution in [1.82, 2.24) is 5.32 Å². The molecule has 0 aromatic heterocycles. The summed E-state index contributed by atoms with van der Waals surface area (Å²) in [5, 5.41) is 3.91. The van der Waals surface area contributed by atoms with Gasteiger partial charge in [-0.1, -0.05) is 35.9 Å². The van der Waals surface area contributed by atoms with Gasteiger partial charge < -0.3 is 10.2 Å². The maximum absolute atomic E-state index is 6.31. The summed E-state index contributed by atoms with van der Waals surface area (Å²) in [5.74, 6) is 0. The number of para-hydroxylation sites is 1. The fraction of sp³-hybridized carbons (Fsp3) is 0.250. The molecule has 0 unspecified atom stereocenters. The SMILES string of the molecule is CNCc1ccc(N(C)c2ccccc2C)cc1Cl. The fourth-order valence-electron chi connectivity index (χ4n) is 2.16. The van der Waals surface area contributed by atoms with Crippen LogP contribution in [0, 0.1) is 6.92 Å². The van der Waals surface area contributed by atoms with Gasteiger partial charge in [0, 0.05) is 30.0 Å². The molecule has 0 saturated carbocycles. The van der Waals surface area contributed by atoms with Crippen LogP contribution >= 0.6 is 11.6 Å². The van der Waals surface area contributed by atoms with Crippen LogP contribution < -0.4 is 10.2 Å². The van der Waals surface area contributed by atoms with Gasteiger partial charge in [0.05, 0.1) is 0 Å². The van der Waals surface area contributed by atoms with Crippen molar-refractivity contribution in [2.45, 2.75) is 13.5 Å². The van der Waals surface area contributed by atoms with Crippen LogP contribution in [0.25, 0.3) is 0 Å². The first-order valence-corrected chi connectivity index (χ1v) is 6.73. The molecule has 2 aromatic carbocycles. The van der Waals surface area contributed by atoms with Crippen LogP contribution in [0.3, 0.4) is 0 Å². The van der Waals surface area contributed by atoms with E-state index >= 15 is 0 Å². The predicted octanol–water partition coefficient (Wildman–Crippen LogP) is 4.14. The fourth-order valence-corrected chi connectivity index (χ4v) is 2.40. The van der Waals surface area contributed by atoms with Gasteiger partial charge in [0.1, 0.15) is 0 Å². The monoisotopic (exact) mass is 274 g/mol. The van der Waals surface area contributed by atoms with E-state index in [-0.39, 0.29) is 0 Å². The molecular formula is C16H19ClN2. The quantitative estimate of drug-likeness (QED) is 0.902. The van der Waals surface area contributed by atoms with Crippen molar-refractivity contribution < 1.29 is 0 Å². The molecule has 19 heavy (non-hydrogen) atoms. The highest BCUT2D eigenvalue weighted by Crippen LogP contribution is 2.29. The van der Waals surface area contributed by atoms with E-state index in [1.165, 1.54) is 11.3 Å². The summed E-state index contributed by atoms with van der Waals surface area (Å²) in [7, 11) is 3.98. The Kier molecular flexibility index (Phi) is 4.46. The molecular weight excluding hydrogens is 256 g/mol. The Morgan fingerprint density at radius 3 is 2.53 bits per heavy atom. The molecule has 2 rings (SSSR count). The summed E-state index contributed by atoms with van der Waals surface area (Å²) < 4.78 is 0. The summed E-state index contributed by atoms with van der Waals surface area (Å²) in [6, 6.07) is 14.5. The van der Waals surface area contributed by atoms with Crippen LogP contribution in [-0.2, 0) is 6.54 Å². The van der Waals surface area contributed by atoms with E-state index in [9.17, 15) is 0 Å². The van der Waals surface area contributed by atoms with Crippen molar-refractivity contribution in [2.24, 2.45) is 0 Å². The van der Waals surface area contributed by atoms with Gasteiger partial charge in [-0.15, -0.1) is 0 Å². The molecule has 3 heteroatoms. The largest absolute Gasteiger partial charge is 0.344 e. The molecule has 0 bridgehead atoms. The van der Waals surface area contributed by atoms with Crippen LogP contribution in [0.5, 0.6) is 0 Å². The zero-order chi connectivity index (χ0) is 13.8. The van der Waals surface area contributed by atoms with E-state index in [1.54, 1.807) is 0 Å². The average molecular weight is 275 g/mol. The van der Waals surface area contributed by atoms with Crippen molar-refractivity contribution in [3.8, 4) is 0 Å². The van der Waals surface area contributed by atoms with Crippen LogP contribution in [0.2, 0.25) is 5.02 Å². The van der Waals surface area contributed by atoms with Gasteiger partial charge in [0.2, 0.25) is 0 Å². The lowest BCUT2D eigenvalue weighted by Crippen LogP contribution is -2.11. The third-order valence-corrected chi connectivity index (χ3v) is 3.62. The number of nitrogens with one attached hydrogen (secondary N) is 1. The Bertz CT molecular complexity index is 566. The highest BCUT2D eigenvalue weighted by atomic mass is 35.5. The van der Waals surface area contributed by atoms with Crippen molar-refractivity contribution in [2.75, 3.05) is 19.0 Å². The van der Waals surface area contributed by atoms with Crippen LogP contribution in [0.1, 0.15) is 11.1 Å². The zero-order valence-electron chi connectivity index (χ0n) is 11.6. The number of benzene rings is 2. The molecule has 100 valence electrons. The van der Waals surface area contributed by atoms with Crippen LogP contribution in [0.15, 0.2) is 42.5 Å². The second kappa shape index (κ2) is 6.09. The van der Waals surface area contributed by atoms with Crippen molar-refractivity contribution >= 4 is 23.0 Å². The summed E-state index contributed by atoms with van der Waals surface area (Å²) in [6.07, 6.45) is 0. The molecule has 0 aliphatic rings. The van der Waals surface area contributed by atoms with Gasteiger partial charge in [-0.3, -0.25) is 0 Å². The zero-order valence-corrected chi connectivity index (χ0v) is 12.3. The molecule has 0 spiro atoms. The number of anilines is 2. The Balaban J connectivity index is 2.32. The highest BCUT2D eigenvalue weighted by molar-refractivity contribution is 6.31. The standard InChI is InChI=1S/C16H19ClN2/c1-12-6-4-5-7-16(12)19(3)14-9-8-13(11-18-2)15(17)10-14/h4-10,18H,11H2,1-3H3. The second-order valence-corrected chi connectivity index (χ2v) is 5.06. The van der Waals surface area contributed by atoms with E-state index in [2.05, 4.69) is 60.6 Å². The summed E-state index contributed by atoms with van der Waals surface area (Å²) >= 11 is 6.31. The smallest absolute Gasteiger partial charge is 0.0471 e. The lowest BCUT2D eigenvalue weighted by atomic mass is 10.1. The van der Waals surface area contributed by atoms with Crippen LogP contribution in [0.4, 0.5) is 11.4 Å².